The lowest BCUT2D eigenvalue weighted by atomic mass is 9.96. The summed E-state index contributed by atoms with van der Waals surface area (Å²) in [4.78, 5) is 2.07. The molecule has 1 rings (SSSR count). The van der Waals surface area contributed by atoms with E-state index in [4.69, 9.17) is 0 Å². The normalized spacial score (nSPS) is 24.0. The van der Waals surface area contributed by atoms with Crippen molar-refractivity contribution in [1.29, 1.82) is 0 Å². The molecule has 0 aliphatic carbocycles. The molecule has 1 fully saturated rings. The molecule has 0 aromatic heterocycles. The molecule has 66 valence electrons. The molecular formula is C8H17NOS. The lowest BCUT2D eigenvalue weighted by molar-refractivity contribution is 0.00848. The standard InChI is InChI=1S/C8H17NOS/c1-9(2)7-8(10)3-5-11-6-4-8/h10H,3-7H2,1-2H3. The van der Waals surface area contributed by atoms with Crippen LogP contribution in [0.25, 0.3) is 0 Å². The van der Waals surface area contributed by atoms with Crippen LogP contribution in [0.15, 0.2) is 0 Å². The Balaban J connectivity index is 2.37. The Hall–Kier alpha value is 0.270. The third-order valence-corrected chi connectivity index (χ3v) is 3.02. The first-order chi connectivity index (χ1) is 5.12. The summed E-state index contributed by atoms with van der Waals surface area (Å²) >= 11 is 1.95. The first kappa shape index (κ1) is 9.36. The van der Waals surface area contributed by atoms with E-state index in [0.717, 1.165) is 30.9 Å². The van der Waals surface area contributed by atoms with Crippen LogP contribution >= 0.6 is 11.8 Å². The number of likely N-dealkylation sites (N-methyl/N-ethyl adjacent to an activating group) is 1. The first-order valence-electron chi connectivity index (χ1n) is 4.07. The fourth-order valence-electron chi connectivity index (χ4n) is 1.50. The Morgan fingerprint density at radius 1 is 1.36 bits per heavy atom. The van der Waals surface area contributed by atoms with Crippen LogP contribution in [-0.2, 0) is 0 Å². The predicted molar refractivity (Wildman–Crippen MR) is 50.1 cm³/mol. The van der Waals surface area contributed by atoms with Crippen LogP contribution in [0, 0.1) is 0 Å². The molecule has 0 aromatic carbocycles. The third kappa shape index (κ3) is 3.01. The Bertz CT molecular complexity index is 121. The van der Waals surface area contributed by atoms with Crippen molar-refractivity contribution in [3.63, 3.8) is 0 Å². The molecule has 1 heterocycles. The van der Waals surface area contributed by atoms with Gasteiger partial charge in [0.15, 0.2) is 0 Å². The molecule has 3 heteroatoms. The quantitative estimate of drug-likeness (QED) is 0.672. The Labute approximate surface area is 73.0 Å². The topological polar surface area (TPSA) is 23.5 Å². The van der Waals surface area contributed by atoms with Gasteiger partial charge >= 0.3 is 0 Å². The van der Waals surface area contributed by atoms with Crippen molar-refractivity contribution in [1.82, 2.24) is 4.90 Å². The molecule has 1 saturated heterocycles. The van der Waals surface area contributed by atoms with Gasteiger partial charge in [0, 0.05) is 6.54 Å². The van der Waals surface area contributed by atoms with Crippen LogP contribution in [0.1, 0.15) is 12.8 Å². The molecule has 0 atom stereocenters. The average molecular weight is 175 g/mol. The minimum atomic E-state index is -0.394. The smallest absolute Gasteiger partial charge is 0.0789 e. The number of thioether (sulfide) groups is 1. The van der Waals surface area contributed by atoms with Crippen molar-refractivity contribution < 1.29 is 5.11 Å². The highest BCUT2D eigenvalue weighted by Crippen LogP contribution is 2.26. The van der Waals surface area contributed by atoms with Gasteiger partial charge in [-0.15, -0.1) is 0 Å². The van der Waals surface area contributed by atoms with Gasteiger partial charge < -0.3 is 10.0 Å². The second kappa shape index (κ2) is 3.78. The van der Waals surface area contributed by atoms with E-state index >= 15 is 0 Å². The SMILES string of the molecule is CN(C)CC1(O)CCSCC1. The van der Waals surface area contributed by atoms with E-state index in [1.54, 1.807) is 0 Å². The monoisotopic (exact) mass is 175 g/mol. The van der Waals surface area contributed by atoms with E-state index in [1.807, 2.05) is 25.9 Å². The molecule has 0 saturated carbocycles. The molecule has 11 heavy (non-hydrogen) atoms. The van der Waals surface area contributed by atoms with Gasteiger partial charge in [-0.3, -0.25) is 0 Å². The fourth-order valence-corrected chi connectivity index (χ4v) is 2.75. The molecule has 0 bridgehead atoms. The van der Waals surface area contributed by atoms with Gasteiger partial charge in [0.25, 0.3) is 0 Å². The van der Waals surface area contributed by atoms with E-state index in [1.165, 1.54) is 0 Å². The van der Waals surface area contributed by atoms with Crippen molar-refractivity contribution in [3.8, 4) is 0 Å². The van der Waals surface area contributed by atoms with Gasteiger partial charge in [-0.05, 0) is 38.4 Å². The van der Waals surface area contributed by atoms with Gasteiger partial charge in [0.2, 0.25) is 0 Å². The highest BCUT2D eigenvalue weighted by atomic mass is 32.2. The maximum atomic E-state index is 9.99. The van der Waals surface area contributed by atoms with Crippen LogP contribution < -0.4 is 0 Å². The summed E-state index contributed by atoms with van der Waals surface area (Å²) in [5, 5.41) is 9.99. The summed E-state index contributed by atoms with van der Waals surface area (Å²) in [5.74, 6) is 2.23. The summed E-state index contributed by atoms with van der Waals surface area (Å²) in [6.45, 7) is 0.813. The molecule has 1 aliphatic rings. The number of rotatable bonds is 2. The van der Waals surface area contributed by atoms with Gasteiger partial charge in [-0.2, -0.15) is 11.8 Å². The molecule has 0 amide bonds. The number of hydrogen-bond acceptors (Lipinski definition) is 3. The number of nitrogens with zero attached hydrogens (tertiary/aromatic N) is 1. The largest absolute Gasteiger partial charge is 0.388 e. The summed E-state index contributed by atoms with van der Waals surface area (Å²) in [5.41, 5.74) is -0.394. The zero-order valence-corrected chi connectivity index (χ0v) is 8.15. The second-order valence-corrected chi connectivity index (χ2v) is 4.80. The van der Waals surface area contributed by atoms with Crippen LogP contribution in [0.3, 0.4) is 0 Å². The lowest BCUT2D eigenvalue weighted by Gasteiger charge is -2.33. The van der Waals surface area contributed by atoms with E-state index in [2.05, 4.69) is 4.90 Å². The summed E-state index contributed by atoms with van der Waals surface area (Å²) in [6.07, 6.45) is 1.91. The van der Waals surface area contributed by atoms with Crippen LogP contribution in [0.4, 0.5) is 0 Å². The zero-order chi connectivity index (χ0) is 8.32. The summed E-state index contributed by atoms with van der Waals surface area (Å²) < 4.78 is 0. The Morgan fingerprint density at radius 3 is 2.36 bits per heavy atom. The Morgan fingerprint density at radius 2 is 1.91 bits per heavy atom. The predicted octanol–water partition coefficient (Wildman–Crippen LogP) is 0.806. The highest BCUT2D eigenvalue weighted by molar-refractivity contribution is 7.99. The molecule has 0 spiro atoms. The number of aliphatic hydroxyl groups is 1. The second-order valence-electron chi connectivity index (χ2n) is 3.57. The van der Waals surface area contributed by atoms with E-state index in [0.29, 0.717) is 0 Å². The Kier molecular flexibility index (Phi) is 3.22. The molecule has 1 aliphatic heterocycles. The number of hydrogen-bond donors (Lipinski definition) is 1. The van der Waals surface area contributed by atoms with E-state index < -0.39 is 5.60 Å². The minimum Gasteiger partial charge on any atom is -0.388 e. The van der Waals surface area contributed by atoms with Crippen LogP contribution in [0.5, 0.6) is 0 Å². The molecule has 0 unspecified atom stereocenters. The van der Waals surface area contributed by atoms with Crippen molar-refractivity contribution >= 4 is 11.8 Å². The maximum absolute atomic E-state index is 9.99. The fraction of sp³-hybridized carbons (Fsp3) is 1.00. The highest BCUT2D eigenvalue weighted by Gasteiger charge is 2.29. The molecule has 0 radical (unpaired) electrons. The maximum Gasteiger partial charge on any atom is 0.0789 e. The van der Waals surface area contributed by atoms with Gasteiger partial charge in [0.1, 0.15) is 0 Å². The van der Waals surface area contributed by atoms with Gasteiger partial charge in [0.05, 0.1) is 5.60 Å². The minimum absolute atomic E-state index is 0.394. The summed E-state index contributed by atoms with van der Waals surface area (Å²) in [6, 6.07) is 0. The lowest BCUT2D eigenvalue weighted by Crippen LogP contribution is -2.42. The van der Waals surface area contributed by atoms with Crippen LogP contribution in [0.2, 0.25) is 0 Å². The van der Waals surface area contributed by atoms with Gasteiger partial charge in [-0.1, -0.05) is 0 Å². The third-order valence-electron chi connectivity index (χ3n) is 2.03. The molecular weight excluding hydrogens is 158 g/mol. The molecule has 2 nitrogen and oxygen atoms in total. The molecule has 1 N–H and O–H groups in total. The average Bonchev–Trinajstić information content (AvgIpc) is 1.85. The molecule has 0 aromatic rings. The van der Waals surface area contributed by atoms with Crippen molar-refractivity contribution in [3.05, 3.63) is 0 Å². The van der Waals surface area contributed by atoms with E-state index in [9.17, 15) is 5.11 Å². The van der Waals surface area contributed by atoms with Gasteiger partial charge in [-0.25, -0.2) is 0 Å². The van der Waals surface area contributed by atoms with Crippen LogP contribution in [-0.4, -0.2) is 47.8 Å². The van der Waals surface area contributed by atoms with Crippen molar-refractivity contribution in [2.45, 2.75) is 18.4 Å². The zero-order valence-electron chi connectivity index (χ0n) is 7.34. The van der Waals surface area contributed by atoms with Crippen molar-refractivity contribution in [2.75, 3.05) is 32.1 Å². The summed E-state index contributed by atoms with van der Waals surface area (Å²) in [7, 11) is 4.03. The van der Waals surface area contributed by atoms with E-state index in [-0.39, 0.29) is 0 Å². The first-order valence-corrected chi connectivity index (χ1v) is 5.23. The van der Waals surface area contributed by atoms with Crippen molar-refractivity contribution in [2.24, 2.45) is 0 Å².